The molecule has 0 bridgehead atoms. The Bertz CT molecular complexity index is 440. The number of anilines is 2. The highest BCUT2D eigenvalue weighted by atomic mass is 19.1. The molecule has 0 amide bonds. The van der Waals surface area contributed by atoms with Gasteiger partial charge in [-0.15, -0.1) is 0 Å². The Morgan fingerprint density at radius 2 is 2.20 bits per heavy atom. The number of furan rings is 1. The summed E-state index contributed by atoms with van der Waals surface area (Å²) in [5.41, 5.74) is 6.26. The molecular weight excluding hydrogens is 195 g/mol. The minimum Gasteiger partial charge on any atom is -0.467 e. The maximum atomic E-state index is 13.3. The van der Waals surface area contributed by atoms with Gasteiger partial charge in [0.05, 0.1) is 18.5 Å². The van der Waals surface area contributed by atoms with Gasteiger partial charge in [-0.1, -0.05) is 0 Å². The zero-order chi connectivity index (χ0) is 10.7. The van der Waals surface area contributed by atoms with Crippen LogP contribution >= 0.6 is 0 Å². The van der Waals surface area contributed by atoms with Crippen LogP contribution in [0.2, 0.25) is 0 Å². The molecule has 0 radical (unpaired) electrons. The number of halogens is 1. The van der Waals surface area contributed by atoms with Crippen molar-refractivity contribution in [2.24, 2.45) is 0 Å². The topological polar surface area (TPSA) is 51.2 Å². The molecule has 1 aromatic carbocycles. The average molecular weight is 206 g/mol. The van der Waals surface area contributed by atoms with Gasteiger partial charge in [0, 0.05) is 5.69 Å². The van der Waals surface area contributed by atoms with Crippen molar-refractivity contribution in [2.75, 3.05) is 11.1 Å². The summed E-state index contributed by atoms with van der Waals surface area (Å²) in [5.74, 6) is 0.396. The van der Waals surface area contributed by atoms with E-state index >= 15 is 0 Å². The summed E-state index contributed by atoms with van der Waals surface area (Å²) >= 11 is 0. The van der Waals surface area contributed by atoms with Crippen molar-refractivity contribution in [2.45, 2.75) is 6.54 Å². The van der Waals surface area contributed by atoms with Crippen LogP contribution in [0.3, 0.4) is 0 Å². The fourth-order valence-electron chi connectivity index (χ4n) is 1.27. The van der Waals surface area contributed by atoms with Crippen molar-refractivity contribution < 1.29 is 8.81 Å². The molecule has 0 saturated carbocycles. The van der Waals surface area contributed by atoms with E-state index in [4.69, 9.17) is 10.2 Å². The third-order valence-corrected chi connectivity index (χ3v) is 2.03. The molecule has 0 aliphatic rings. The van der Waals surface area contributed by atoms with Crippen LogP contribution in [0.15, 0.2) is 41.0 Å². The van der Waals surface area contributed by atoms with E-state index in [0.29, 0.717) is 17.9 Å². The molecule has 2 aromatic rings. The molecule has 1 heterocycles. The number of benzene rings is 1. The molecule has 0 spiro atoms. The molecule has 1 aromatic heterocycles. The molecule has 2 rings (SSSR count). The lowest BCUT2D eigenvalue weighted by molar-refractivity contribution is 0.517. The average Bonchev–Trinajstić information content (AvgIpc) is 2.69. The summed E-state index contributed by atoms with van der Waals surface area (Å²) < 4.78 is 18.4. The number of nitrogens with one attached hydrogen (secondary N) is 1. The first-order chi connectivity index (χ1) is 7.25. The van der Waals surface area contributed by atoms with Crippen LogP contribution in [0.4, 0.5) is 15.8 Å². The summed E-state index contributed by atoms with van der Waals surface area (Å²) in [6.45, 7) is 0.452. The monoisotopic (exact) mass is 206 g/mol. The minimum absolute atomic E-state index is 0.360. The van der Waals surface area contributed by atoms with E-state index in [9.17, 15) is 4.39 Å². The first kappa shape index (κ1) is 9.58. The standard InChI is InChI=1S/C11H11FN2O/c12-10-6-8(13)3-4-11(10)14-7-9-2-1-5-15-9/h1-6,14H,7,13H2. The van der Waals surface area contributed by atoms with Crippen molar-refractivity contribution in [3.05, 3.63) is 48.2 Å². The van der Waals surface area contributed by atoms with E-state index in [1.165, 1.54) is 6.07 Å². The van der Waals surface area contributed by atoms with Crippen LogP contribution in [0.1, 0.15) is 5.76 Å². The first-order valence-corrected chi connectivity index (χ1v) is 4.57. The van der Waals surface area contributed by atoms with Crippen LogP contribution in [0.5, 0.6) is 0 Å². The van der Waals surface area contributed by atoms with Crippen LogP contribution in [-0.4, -0.2) is 0 Å². The minimum atomic E-state index is -0.360. The zero-order valence-corrected chi connectivity index (χ0v) is 8.03. The maximum Gasteiger partial charge on any atom is 0.148 e. The Morgan fingerprint density at radius 3 is 2.87 bits per heavy atom. The predicted octanol–water partition coefficient (Wildman–Crippen LogP) is 2.61. The fraction of sp³-hybridized carbons (Fsp3) is 0.0909. The molecule has 78 valence electrons. The van der Waals surface area contributed by atoms with Crippen molar-refractivity contribution in [1.29, 1.82) is 0 Å². The molecule has 3 N–H and O–H groups in total. The van der Waals surface area contributed by atoms with Crippen molar-refractivity contribution >= 4 is 11.4 Å². The van der Waals surface area contributed by atoms with Gasteiger partial charge in [0.25, 0.3) is 0 Å². The quantitative estimate of drug-likeness (QED) is 0.759. The molecule has 3 nitrogen and oxygen atoms in total. The van der Waals surface area contributed by atoms with Gasteiger partial charge in [-0.3, -0.25) is 0 Å². The number of nitrogens with two attached hydrogens (primary N) is 1. The molecule has 0 aliphatic heterocycles. The normalized spacial score (nSPS) is 10.2. The van der Waals surface area contributed by atoms with Crippen LogP contribution in [-0.2, 0) is 6.54 Å². The van der Waals surface area contributed by atoms with Crippen LogP contribution in [0.25, 0.3) is 0 Å². The first-order valence-electron chi connectivity index (χ1n) is 4.57. The van der Waals surface area contributed by atoms with E-state index in [0.717, 1.165) is 5.76 Å². The summed E-state index contributed by atoms with van der Waals surface area (Å²) in [7, 11) is 0. The Kier molecular flexibility index (Phi) is 2.58. The number of nitrogen functional groups attached to an aromatic ring is 1. The Balaban J connectivity index is 2.05. The second kappa shape index (κ2) is 4.04. The second-order valence-corrected chi connectivity index (χ2v) is 3.17. The van der Waals surface area contributed by atoms with E-state index in [1.54, 1.807) is 24.5 Å². The molecule has 0 saturated heterocycles. The maximum absolute atomic E-state index is 13.3. The Labute approximate surface area is 86.7 Å². The predicted molar refractivity (Wildman–Crippen MR) is 56.8 cm³/mol. The fourth-order valence-corrected chi connectivity index (χ4v) is 1.27. The van der Waals surface area contributed by atoms with Gasteiger partial charge in [-0.05, 0) is 30.3 Å². The highest BCUT2D eigenvalue weighted by molar-refractivity contribution is 5.52. The highest BCUT2D eigenvalue weighted by Crippen LogP contribution is 2.17. The molecule has 4 heteroatoms. The Hall–Kier alpha value is -1.97. The van der Waals surface area contributed by atoms with E-state index in [2.05, 4.69) is 5.32 Å². The van der Waals surface area contributed by atoms with Crippen LogP contribution in [0, 0.1) is 5.82 Å². The van der Waals surface area contributed by atoms with Gasteiger partial charge in [-0.25, -0.2) is 4.39 Å². The van der Waals surface area contributed by atoms with Crippen molar-refractivity contribution in [3.8, 4) is 0 Å². The SMILES string of the molecule is Nc1ccc(NCc2ccco2)c(F)c1. The highest BCUT2D eigenvalue weighted by Gasteiger charge is 2.02. The third-order valence-electron chi connectivity index (χ3n) is 2.03. The van der Waals surface area contributed by atoms with Gasteiger partial charge < -0.3 is 15.5 Å². The summed E-state index contributed by atoms with van der Waals surface area (Å²) in [4.78, 5) is 0. The lowest BCUT2D eigenvalue weighted by atomic mass is 10.2. The van der Waals surface area contributed by atoms with Gasteiger partial charge >= 0.3 is 0 Å². The molecule has 0 atom stereocenters. The van der Waals surface area contributed by atoms with Gasteiger partial charge in [0.2, 0.25) is 0 Å². The lowest BCUT2D eigenvalue weighted by Gasteiger charge is -2.06. The van der Waals surface area contributed by atoms with E-state index in [1.807, 2.05) is 6.07 Å². The molecule has 15 heavy (non-hydrogen) atoms. The third kappa shape index (κ3) is 2.28. The number of rotatable bonds is 3. The van der Waals surface area contributed by atoms with Crippen LogP contribution < -0.4 is 11.1 Å². The summed E-state index contributed by atoms with van der Waals surface area (Å²) in [5, 5.41) is 2.92. The number of hydrogen-bond donors (Lipinski definition) is 2. The van der Waals surface area contributed by atoms with Crippen molar-refractivity contribution in [1.82, 2.24) is 0 Å². The lowest BCUT2D eigenvalue weighted by Crippen LogP contribution is -2.00. The Morgan fingerprint density at radius 1 is 1.33 bits per heavy atom. The molecule has 0 fully saturated rings. The molecule has 0 aliphatic carbocycles. The van der Waals surface area contributed by atoms with E-state index < -0.39 is 0 Å². The van der Waals surface area contributed by atoms with Gasteiger partial charge in [0.1, 0.15) is 11.6 Å². The second-order valence-electron chi connectivity index (χ2n) is 3.17. The largest absolute Gasteiger partial charge is 0.467 e. The molecule has 0 unspecified atom stereocenters. The molecular formula is C11H11FN2O. The van der Waals surface area contributed by atoms with Gasteiger partial charge in [-0.2, -0.15) is 0 Å². The summed E-state index contributed by atoms with van der Waals surface area (Å²) in [6.07, 6.45) is 1.58. The smallest absolute Gasteiger partial charge is 0.148 e. The zero-order valence-electron chi connectivity index (χ0n) is 8.03. The summed E-state index contributed by atoms with van der Waals surface area (Å²) in [6, 6.07) is 8.14. The van der Waals surface area contributed by atoms with Gasteiger partial charge in [0.15, 0.2) is 0 Å². The van der Waals surface area contributed by atoms with Crippen molar-refractivity contribution in [3.63, 3.8) is 0 Å². The van der Waals surface area contributed by atoms with E-state index in [-0.39, 0.29) is 5.82 Å². The number of hydrogen-bond acceptors (Lipinski definition) is 3.